The van der Waals surface area contributed by atoms with E-state index in [1.54, 1.807) is 12.3 Å². The molecule has 3 aromatic rings. The van der Waals surface area contributed by atoms with Crippen LogP contribution >= 0.6 is 11.6 Å². The van der Waals surface area contributed by atoms with Crippen LogP contribution in [0.4, 0.5) is 10.1 Å². The Balaban J connectivity index is 1.93. The quantitative estimate of drug-likeness (QED) is 0.756. The fraction of sp³-hybridized carbons (Fsp3) is 0.0625. The number of rotatable bonds is 3. The monoisotopic (exact) mass is 302 g/mol. The number of nitrogens with one attached hydrogen (secondary N) is 1. The maximum absolute atomic E-state index is 13.2. The van der Waals surface area contributed by atoms with Crippen molar-refractivity contribution in [3.05, 3.63) is 65.1 Å². The molecule has 106 valence electrons. The molecule has 3 rings (SSSR count). The molecule has 0 aliphatic rings. The number of aromatic nitrogens is 1. The van der Waals surface area contributed by atoms with Crippen LogP contribution < -0.4 is 5.32 Å². The number of fused-ring (bicyclic) bond motifs is 1. The van der Waals surface area contributed by atoms with E-state index in [1.165, 1.54) is 18.2 Å². The first kappa shape index (κ1) is 13.6. The zero-order valence-electron chi connectivity index (χ0n) is 11.0. The van der Waals surface area contributed by atoms with Gasteiger partial charge in [0.2, 0.25) is 0 Å². The van der Waals surface area contributed by atoms with Crippen molar-refractivity contribution in [2.45, 2.75) is 6.54 Å². The molecule has 0 saturated carbocycles. The molecule has 0 radical (unpaired) electrons. The Morgan fingerprint density at radius 3 is 2.90 bits per heavy atom. The zero-order chi connectivity index (χ0) is 14.8. The number of pyridine rings is 1. The standard InChI is InChI=1S/C16H12ClFN2O/c17-12-6-10-2-1-5-19-16(10)14(8-12)20-9-11-7-13(18)3-4-15(11)21/h1-8,20-21H,9H2. The number of hydrogen-bond acceptors (Lipinski definition) is 3. The number of anilines is 1. The molecule has 1 aromatic heterocycles. The summed E-state index contributed by atoms with van der Waals surface area (Å²) in [6.45, 7) is 0.273. The third-order valence-corrected chi connectivity index (χ3v) is 3.40. The number of halogens is 2. The number of nitrogens with zero attached hydrogens (tertiary/aromatic N) is 1. The van der Waals surface area contributed by atoms with Crippen molar-refractivity contribution in [2.24, 2.45) is 0 Å². The van der Waals surface area contributed by atoms with Crippen molar-refractivity contribution in [1.82, 2.24) is 4.98 Å². The molecule has 0 bridgehead atoms. The summed E-state index contributed by atoms with van der Waals surface area (Å²) in [5.41, 5.74) is 1.98. The first-order valence-electron chi connectivity index (χ1n) is 6.39. The molecule has 0 amide bonds. The van der Waals surface area contributed by atoms with Crippen LogP contribution in [0.5, 0.6) is 5.75 Å². The van der Waals surface area contributed by atoms with Gasteiger partial charge in [0.05, 0.1) is 11.2 Å². The lowest BCUT2D eigenvalue weighted by Gasteiger charge is -2.11. The Morgan fingerprint density at radius 1 is 1.19 bits per heavy atom. The van der Waals surface area contributed by atoms with E-state index >= 15 is 0 Å². The summed E-state index contributed by atoms with van der Waals surface area (Å²) in [5.74, 6) is -0.345. The summed E-state index contributed by atoms with van der Waals surface area (Å²) in [7, 11) is 0. The van der Waals surface area contributed by atoms with Crippen LogP contribution in [0.15, 0.2) is 48.7 Å². The van der Waals surface area contributed by atoms with Crippen molar-refractivity contribution in [2.75, 3.05) is 5.32 Å². The Morgan fingerprint density at radius 2 is 2.05 bits per heavy atom. The highest BCUT2D eigenvalue weighted by Crippen LogP contribution is 2.27. The van der Waals surface area contributed by atoms with E-state index in [4.69, 9.17) is 11.6 Å². The van der Waals surface area contributed by atoms with Gasteiger partial charge < -0.3 is 10.4 Å². The number of phenols is 1. The zero-order valence-corrected chi connectivity index (χ0v) is 11.7. The largest absolute Gasteiger partial charge is 0.508 e. The highest BCUT2D eigenvalue weighted by Gasteiger charge is 2.07. The van der Waals surface area contributed by atoms with Crippen molar-refractivity contribution < 1.29 is 9.50 Å². The van der Waals surface area contributed by atoms with Crippen LogP contribution in [-0.4, -0.2) is 10.1 Å². The van der Waals surface area contributed by atoms with Gasteiger partial charge in [-0.15, -0.1) is 0 Å². The lowest BCUT2D eigenvalue weighted by Crippen LogP contribution is -2.01. The Labute approximate surface area is 126 Å². The first-order chi connectivity index (χ1) is 10.1. The fourth-order valence-corrected chi connectivity index (χ4v) is 2.40. The van der Waals surface area contributed by atoms with Gasteiger partial charge >= 0.3 is 0 Å². The second kappa shape index (κ2) is 5.58. The van der Waals surface area contributed by atoms with E-state index in [2.05, 4.69) is 10.3 Å². The molecule has 0 atom stereocenters. The van der Waals surface area contributed by atoms with Crippen molar-refractivity contribution in [1.29, 1.82) is 0 Å². The van der Waals surface area contributed by atoms with Crippen molar-refractivity contribution in [3.8, 4) is 5.75 Å². The summed E-state index contributed by atoms with van der Waals surface area (Å²) >= 11 is 6.08. The van der Waals surface area contributed by atoms with Crippen LogP contribution in [0.1, 0.15) is 5.56 Å². The summed E-state index contributed by atoms with van der Waals surface area (Å²) < 4.78 is 13.2. The Kier molecular flexibility index (Phi) is 3.62. The number of phenolic OH excluding ortho intramolecular Hbond substituents is 1. The van der Waals surface area contributed by atoms with Crippen LogP contribution in [-0.2, 0) is 6.54 Å². The third kappa shape index (κ3) is 2.90. The average molecular weight is 303 g/mol. The lowest BCUT2D eigenvalue weighted by molar-refractivity contribution is 0.466. The van der Waals surface area contributed by atoms with Crippen LogP contribution in [0.3, 0.4) is 0 Å². The minimum absolute atomic E-state index is 0.0446. The van der Waals surface area contributed by atoms with E-state index < -0.39 is 5.82 Å². The summed E-state index contributed by atoms with van der Waals surface area (Å²) in [6.07, 6.45) is 1.70. The molecular formula is C16H12ClFN2O. The highest BCUT2D eigenvalue weighted by atomic mass is 35.5. The topological polar surface area (TPSA) is 45.1 Å². The Bertz CT molecular complexity index is 807. The van der Waals surface area contributed by atoms with Crippen molar-refractivity contribution in [3.63, 3.8) is 0 Å². The molecule has 1 heterocycles. The molecule has 3 nitrogen and oxygen atoms in total. The van der Waals surface area contributed by atoms with Gasteiger partial charge in [0.25, 0.3) is 0 Å². The minimum atomic E-state index is -0.390. The third-order valence-electron chi connectivity index (χ3n) is 3.18. The molecule has 21 heavy (non-hydrogen) atoms. The fourth-order valence-electron chi connectivity index (χ4n) is 2.18. The molecule has 0 aliphatic heterocycles. The van der Waals surface area contributed by atoms with Gasteiger partial charge in [-0.2, -0.15) is 0 Å². The Hall–Kier alpha value is -2.33. The summed E-state index contributed by atoms with van der Waals surface area (Å²) in [5, 5.41) is 14.4. The van der Waals surface area contributed by atoms with Gasteiger partial charge in [-0.1, -0.05) is 17.7 Å². The predicted octanol–water partition coefficient (Wildman–Crippen LogP) is 4.35. The summed E-state index contributed by atoms with van der Waals surface area (Å²) in [4.78, 5) is 4.32. The molecular weight excluding hydrogens is 291 g/mol. The summed E-state index contributed by atoms with van der Waals surface area (Å²) in [6, 6.07) is 11.2. The second-order valence-electron chi connectivity index (χ2n) is 4.66. The number of hydrogen-bond donors (Lipinski definition) is 2. The maximum Gasteiger partial charge on any atom is 0.123 e. The van der Waals surface area contributed by atoms with Crippen LogP contribution in [0.2, 0.25) is 5.02 Å². The molecule has 0 fully saturated rings. The second-order valence-corrected chi connectivity index (χ2v) is 5.09. The van der Waals surface area contributed by atoms with Gasteiger partial charge in [0.1, 0.15) is 11.6 Å². The van der Waals surface area contributed by atoms with Gasteiger partial charge in [-0.3, -0.25) is 4.98 Å². The molecule has 0 unspecified atom stereocenters. The maximum atomic E-state index is 13.2. The molecule has 2 N–H and O–H groups in total. The van der Waals surface area contributed by atoms with Gasteiger partial charge in [-0.25, -0.2) is 4.39 Å². The molecule has 2 aromatic carbocycles. The van der Waals surface area contributed by atoms with Crippen molar-refractivity contribution >= 4 is 28.2 Å². The number of benzene rings is 2. The van der Waals surface area contributed by atoms with Gasteiger partial charge in [0, 0.05) is 28.7 Å². The van der Waals surface area contributed by atoms with E-state index in [-0.39, 0.29) is 12.3 Å². The van der Waals surface area contributed by atoms with E-state index in [0.29, 0.717) is 10.6 Å². The lowest BCUT2D eigenvalue weighted by atomic mass is 10.1. The van der Waals surface area contributed by atoms with Crippen LogP contribution in [0, 0.1) is 5.82 Å². The SMILES string of the molecule is Oc1ccc(F)cc1CNc1cc(Cl)cc2cccnc12. The molecule has 0 saturated heterocycles. The first-order valence-corrected chi connectivity index (χ1v) is 6.77. The predicted molar refractivity (Wildman–Crippen MR) is 82.1 cm³/mol. The molecule has 0 spiro atoms. The van der Waals surface area contributed by atoms with Gasteiger partial charge in [0.15, 0.2) is 0 Å². The van der Waals surface area contributed by atoms with E-state index in [0.717, 1.165) is 16.6 Å². The molecule has 0 aliphatic carbocycles. The smallest absolute Gasteiger partial charge is 0.123 e. The number of aromatic hydroxyl groups is 1. The highest BCUT2D eigenvalue weighted by molar-refractivity contribution is 6.31. The van der Waals surface area contributed by atoms with E-state index in [9.17, 15) is 9.50 Å². The molecule has 5 heteroatoms. The normalized spacial score (nSPS) is 10.8. The van der Waals surface area contributed by atoms with E-state index in [1.807, 2.05) is 18.2 Å². The van der Waals surface area contributed by atoms with Gasteiger partial charge in [-0.05, 0) is 36.4 Å². The average Bonchev–Trinajstić information content (AvgIpc) is 2.47. The minimum Gasteiger partial charge on any atom is -0.508 e. The van der Waals surface area contributed by atoms with Crippen LogP contribution in [0.25, 0.3) is 10.9 Å².